The Morgan fingerprint density at radius 2 is 1.83 bits per heavy atom. The maximum atomic E-state index is 11.4. The van der Waals surface area contributed by atoms with Crippen molar-refractivity contribution < 1.29 is 13.2 Å². The third-order valence-corrected chi connectivity index (χ3v) is 8.12. The number of nitrogens with one attached hydrogen (secondary N) is 1. The van der Waals surface area contributed by atoms with Gasteiger partial charge in [0.05, 0.1) is 36.6 Å². The van der Waals surface area contributed by atoms with Crippen LogP contribution in [-0.4, -0.2) is 72.3 Å². The van der Waals surface area contributed by atoms with Crippen molar-refractivity contribution in [2.24, 2.45) is 0 Å². The molecular weight excluding hydrogens is 536 g/mol. The molecule has 0 aliphatic carbocycles. The number of rotatable bonds is 13. The number of methoxy groups -OCH3 is 1. The number of fused-ring (bicyclic) bond motifs is 2. The van der Waals surface area contributed by atoms with Gasteiger partial charge in [0.1, 0.15) is 27.7 Å². The monoisotopic (exact) mass is 572 g/mol. The zero-order valence-electron chi connectivity index (χ0n) is 23.7. The second-order valence-electron chi connectivity index (χ2n) is 10.5. The van der Waals surface area contributed by atoms with E-state index in [2.05, 4.69) is 55.6 Å². The maximum Gasteiger partial charge on any atom is 0.148 e. The summed E-state index contributed by atoms with van der Waals surface area (Å²) in [5.74, 6) is 1.70. The van der Waals surface area contributed by atoms with E-state index in [0.29, 0.717) is 12.4 Å². The van der Waals surface area contributed by atoms with E-state index in [0.717, 1.165) is 71.2 Å². The lowest BCUT2D eigenvalue weighted by Gasteiger charge is -2.16. The average molecular weight is 573 g/mol. The second kappa shape index (κ2) is 12.7. The Morgan fingerprint density at radius 3 is 2.61 bits per heavy atom. The number of sulfone groups is 1. The summed E-state index contributed by atoms with van der Waals surface area (Å²) in [6.45, 7) is 2.11. The summed E-state index contributed by atoms with van der Waals surface area (Å²) >= 11 is 0. The SMILES string of the molecule is COc1cc2c(Nc3ccc4c(cnn4Cc4ccccc4)c3)ncnc2cc1CCCCN(C)CCS(C)(=O)=O. The molecule has 10 heteroatoms. The molecule has 3 aromatic carbocycles. The van der Waals surface area contributed by atoms with E-state index in [1.54, 1.807) is 13.4 Å². The van der Waals surface area contributed by atoms with E-state index in [9.17, 15) is 8.42 Å². The van der Waals surface area contributed by atoms with Crippen LogP contribution in [0.1, 0.15) is 24.0 Å². The standard InChI is InChI=1S/C31H36N6O3S/c1-36(15-16-41(3,38)39)14-8-7-11-24-18-28-27(19-30(24)40-2)31(33-22-32-28)35-26-12-13-29-25(17-26)20-34-37(29)21-23-9-5-4-6-10-23/h4-6,9-10,12-13,17-20,22H,7-8,11,14-16,21H2,1-3H3,(H,32,33,35). The molecule has 0 saturated carbocycles. The van der Waals surface area contributed by atoms with Gasteiger partial charge in [0.15, 0.2) is 0 Å². The van der Waals surface area contributed by atoms with Crippen LogP contribution < -0.4 is 10.1 Å². The molecule has 2 heterocycles. The highest BCUT2D eigenvalue weighted by Crippen LogP contribution is 2.31. The molecule has 0 radical (unpaired) electrons. The molecule has 0 aliphatic rings. The Labute approximate surface area is 241 Å². The fourth-order valence-electron chi connectivity index (χ4n) is 4.93. The molecule has 0 spiro atoms. The molecule has 0 aliphatic heterocycles. The predicted octanol–water partition coefficient (Wildman–Crippen LogP) is 5.08. The van der Waals surface area contributed by atoms with Gasteiger partial charge >= 0.3 is 0 Å². The van der Waals surface area contributed by atoms with Gasteiger partial charge in [-0.05, 0) is 74.3 Å². The van der Waals surface area contributed by atoms with E-state index < -0.39 is 9.84 Å². The highest BCUT2D eigenvalue weighted by molar-refractivity contribution is 7.90. The minimum Gasteiger partial charge on any atom is -0.496 e. The molecule has 0 bridgehead atoms. The summed E-state index contributed by atoms with van der Waals surface area (Å²) < 4.78 is 30.6. The average Bonchev–Trinajstić information content (AvgIpc) is 3.35. The molecule has 0 amide bonds. The highest BCUT2D eigenvalue weighted by atomic mass is 32.2. The lowest BCUT2D eigenvalue weighted by Crippen LogP contribution is -2.26. The number of unbranched alkanes of at least 4 members (excludes halogenated alkanes) is 1. The molecule has 214 valence electrons. The lowest BCUT2D eigenvalue weighted by molar-refractivity contribution is 0.343. The Morgan fingerprint density at radius 1 is 1.00 bits per heavy atom. The summed E-state index contributed by atoms with van der Waals surface area (Å²) in [5, 5.41) is 9.99. The summed E-state index contributed by atoms with van der Waals surface area (Å²) in [6, 6.07) is 20.6. The fraction of sp³-hybridized carbons (Fsp3) is 0.323. The smallest absolute Gasteiger partial charge is 0.148 e. The third-order valence-electron chi connectivity index (χ3n) is 7.20. The van der Waals surface area contributed by atoms with Crippen molar-refractivity contribution in [1.82, 2.24) is 24.6 Å². The van der Waals surface area contributed by atoms with Crippen molar-refractivity contribution in [1.29, 1.82) is 0 Å². The summed E-state index contributed by atoms with van der Waals surface area (Å²) in [4.78, 5) is 11.1. The van der Waals surface area contributed by atoms with Gasteiger partial charge in [0, 0.05) is 29.3 Å². The zero-order chi connectivity index (χ0) is 28.8. The molecule has 5 rings (SSSR count). The van der Waals surface area contributed by atoms with Gasteiger partial charge in [0.25, 0.3) is 0 Å². The largest absolute Gasteiger partial charge is 0.496 e. The number of hydrogen-bond donors (Lipinski definition) is 1. The normalized spacial score (nSPS) is 11.9. The first-order valence-electron chi connectivity index (χ1n) is 13.7. The van der Waals surface area contributed by atoms with Gasteiger partial charge in [-0.25, -0.2) is 18.4 Å². The molecule has 2 aromatic heterocycles. The van der Waals surface area contributed by atoms with Gasteiger partial charge in [0.2, 0.25) is 0 Å². The van der Waals surface area contributed by atoms with Gasteiger partial charge in [-0.15, -0.1) is 0 Å². The summed E-state index contributed by atoms with van der Waals surface area (Å²) in [6.07, 6.45) is 7.50. The number of benzene rings is 3. The van der Waals surface area contributed by atoms with E-state index in [-0.39, 0.29) is 5.75 Å². The quantitative estimate of drug-likeness (QED) is 0.195. The van der Waals surface area contributed by atoms with E-state index in [4.69, 9.17) is 4.74 Å². The van der Waals surface area contributed by atoms with Crippen LogP contribution in [-0.2, 0) is 22.8 Å². The van der Waals surface area contributed by atoms with E-state index in [1.807, 2.05) is 48.3 Å². The minimum atomic E-state index is -2.95. The van der Waals surface area contributed by atoms with Crippen molar-refractivity contribution in [2.75, 3.05) is 44.6 Å². The van der Waals surface area contributed by atoms with Crippen molar-refractivity contribution in [3.8, 4) is 5.75 Å². The number of nitrogens with zero attached hydrogens (tertiary/aromatic N) is 5. The maximum absolute atomic E-state index is 11.4. The Bertz CT molecular complexity index is 1740. The van der Waals surface area contributed by atoms with Crippen LogP contribution in [0.25, 0.3) is 21.8 Å². The Kier molecular flexibility index (Phi) is 8.80. The van der Waals surface area contributed by atoms with Crippen molar-refractivity contribution in [3.63, 3.8) is 0 Å². The van der Waals surface area contributed by atoms with Gasteiger partial charge in [-0.3, -0.25) is 4.68 Å². The molecule has 1 N–H and O–H groups in total. The first-order valence-corrected chi connectivity index (χ1v) is 15.8. The third kappa shape index (κ3) is 7.39. The molecular formula is C31H36N6O3S. The van der Waals surface area contributed by atoms with Crippen LogP contribution >= 0.6 is 0 Å². The number of hydrogen-bond acceptors (Lipinski definition) is 8. The summed E-state index contributed by atoms with van der Waals surface area (Å²) in [5.41, 5.74) is 5.13. The van der Waals surface area contributed by atoms with Gasteiger partial charge < -0.3 is 15.0 Å². The lowest BCUT2D eigenvalue weighted by atomic mass is 10.0. The van der Waals surface area contributed by atoms with Crippen LogP contribution in [0, 0.1) is 0 Å². The van der Waals surface area contributed by atoms with Crippen LogP contribution in [0.3, 0.4) is 0 Å². The molecule has 0 unspecified atom stereocenters. The Hall–Kier alpha value is -4.02. The van der Waals surface area contributed by atoms with Crippen LogP contribution in [0.4, 0.5) is 11.5 Å². The van der Waals surface area contributed by atoms with Gasteiger partial charge in [-0.1, -0.05) is 30.3 Å². The molecule has 41 heavy (non-hydrogen) atoms. The van der Waals surface area contributed by atoms with Crippen LogP contribution in [0.2, 0.25) is 0 Å². The number of anilines is 2. The molecule has 0 fully saturated rings. The molecule has 5 aromatic rings. The second-order valence-corrected chi connectivity index (χ2v) is 12.7. The van der Waals surface area contributed by atoms with Crippen molar-refractivity contribution >= 4 is 43.1 Å². The molecule has 0 atom stereocenters. The van der Waals surface area contributed by atoms with Crippen LogP contribution in [0.15, 0.2) is 73.2 Å². The Balaban J connectivity index is 1.27. The van der Waals surface area contributed by atoms with Crippen molar-refractivity contribution in [2.45, 2.75) is 25.8 Å². The number of aromatic nitrogens is 4. The van der Waals surface area contributed by atoms with Crippen molar-refractivity contribution in [3.05, 3.63) is 84.3 Å². The minimum absolute atomic E-state index is 0.184. The van der Waals surface area contributed by atoms with Crippen LogP contribution in [0.5, 0.6) is 5.75 Å². The number of aryl methyl sites for hydroxylation is 1. The first-order chi connectivity index (χ1) is 19.8. The highest BCUT2D eigenvalue weighted by Gasteiger charge is 2.13. The van der Waals surface area contributed by atoms with E-state index in [1.165, 1.54) is 11.8 Å². The first kappa shape index (κ1) is 28.5. The topological polar surface area (TPSA) is 102 Å². The predicted molar refractivity (Wildman–Crippen MR) is 165 cm³/mol. The summed E-state index contributed by atoms with van der Waals surface area (Å²) in [7, 11) is 0.697. The molecule has 0 saturated heterocycles. The van der Waals surface area contributed by atoms with E-state index >= 15 is 0 Å². The zero-order valence-corrected chi connectivity index (χ0v) is 24.6. The fourth-order valence-corrected chi connectivity index (χ4v) is 5.57. The van der Waals surface area contributed by atoms with Gasteiger partial charge in [-0.2, -0.15) is 5.10 Å². The number of ether oxygens (including phenoxy) is 1. The molecule has 9 nitrogen and oxygen atoms in total.